The Kier molecular flexibility index (Phi) is 9.48. The Balaban J connectivity index is 2.62. The van der Waals surface area contributed by atoms with Gasteiger partial charge in [-0.1, -0.05) is 68.9 Å². The van der Waals surface area contributed by atoms with Crippen LogP contribution < -0.4 is 0 Å². The minimum absolute atomic E-state index is 0.306. The topological polar surface area (TPSA) is 31.2 Å². The van der Waals surface area contributed by atoms with Crippen molar-refractivity contribution in [3.8, 4) is 11.8 Å². The lowest BCUT2D eigenvalue weighted by atomic mass is 10.1. The van der Waals surface area contributed by atoms with Crippen LogP contribution in [0.4, 0.5) is 4.79 Å². The molecule has 0 unspecified atom stereocenters. The highest BCUT2D eigenvalue weighted by atomic mass is 127. The van der Waals surface area contributed by atoms with Gasteiger partial charge in [0.15, 0.2) is 0 Å². The summed E-state index contributed by atoms with van der Waals surface area (Å²) in [6.45, 7) is 10.1. The van der Waals surface area contributed by atoms with E-state index < -0.39 is 5.60 Å². The lowest BCUT2D eigenvalue weighted by Crippen LogP contribution is -2.29. The highest BCUT2D eigenvalue weighted by Crippen LogP contribution is 2.29. The summed E-state index contributed by atoms with van der Waals surface area (Å²) in [6.07, 6.45) is 6.37. The number of aromatic nitrogens is 1. The molecule has 2 rings (SSSR count). The number of hydrogen-bond donors (Lipinski definition) is 0. The van der Waals surface area contributed by atoms with Crippen LogP contribution in [0, 0.1) is 15.4 Å². The van der Waals surface area contributed by atoms with E-state index in [1.165, 1.54) is 0 Å². The molecule has 1 aromatic heterocycles. The van der Waals surface area contributed by atoms with Crippen LogP contribution in [0.2, 0.25) is 0 Å². The molecule has 0 N–H and O–H groups in total. The number of halogens is 1. The zero-order valence-corrected chi connectivity index (χ0v) is 21.1. The summed E-state index contributed by atoms with van der Waals surface area (Å²) >= 11 is 2.37. The van der Waals surface area contributed by atoms with Gasteiger partial charge in [0.25, 0.3) is 0 Å². The van der Waals surface area contributed by atoms with Gasteiger partial charge in [-0.3, -0.25) is 4.57 Å². The number of rotatable bonds is 7. The maximum atomic E-state index is 13.3. The second kappa shape index (κ2) is 11.6. The molecule has 0 aliphatic heterocycles. The molecule has 2 aromatic rings. The second-order valence-corrected chi connectivity index (χ2v) is 9.65. The predicted octanol–water partition coefficient (Wildman–Crippen LogP) is 7.35. The zero-order chi connectivity index (χ0) is 22.1. The van der Waals surface area contributed by atoms with E-state index in [-0.39, 0.29) is 6.09 Å². The van der Waals surface area contributed by atoms with Gasteiger partial charge in [0.1, 0.15) is 5.60 Å². The zero-order valence-electron chi connectivity index (χ0n) is 19.0. The van der Waals surface area contributed by atoms with E-state index >= 15 is 0 Å². The summed E-state index contributed by atoms with van der Waals surface area (Å²) in [5, 5.41) is 0. The van der Waals surface area contributed by atoms with Crippen LogP contribution in [-0.4, -0.2) is 16.3 Å². The number of nitrogens with zero attached hydrogens (tertiary/aromatic N) is 1. The van der Waals surface area contributed by atoms with Gasteiger partial charge in [-0.15, -0.1) is 0 Å². The fourth-order valence-corrected chi connectivity index (χ4v) is 4.19. The summed E-state index contributed by atoms with van der Waals surface area (Å²) in [5.41, 5.74) is 3.56. The van der Waals surface area contributed by atoms with E-state index in [1.807, 2.05) is 39.0 Å². The molecule has 0 bridgehead atoms. The lowest BCUT2D eigenvalue weighted by molar-refractivity contribution is 0.0528. The number of benzene rings is 1. The Morgan fingerprint density at radius 2 is 1.73 bits per heavy atom. The Hall–Kier alpha value is -1.74. The van der Waals surface area contributed by atoms with Crippen molar-refractivity contribution < 1.29 is 9.53 Å². The number of carbonyl (C=O) groups excluding carboxylic acids is 1. The van der Waals surface area contributed by atoms with Crippen molar-refractivity contribution in [3.05, 3.63) is 56.4 Å². The van der Waals surface area contributed by atoms with Crippen LogP contribution in [0.1, 0.15) is 89.2 Å². The number of hydrogen-bond acceptors (Lipinski definition) is 2. The van der Waals surface area contributed by atoms with E-state index in [4.69, 9.17) is 4.74 Å². The first-order valence-corrected chi connectivity index (χ1v) is 12.0. The molecule has 0 fully saturated rings. The third-order valence-corrected chi connectivity index (χ3v) is 5.89. The molecule has 0 saturated carbocycles. The summed E-state index contributed by atoms with van der Waals surface area (Å²) in [4.78, 5) is 13.3. The minimum Gasteiger partial charge on any atom is -0.443 e. The predicted molar refractivity (Wildman–Crippen MR) is 133 cm³/mol. The third-order valence-electron chi connectivity index (χ3n) is 4.73. The van der Waals surface area contributed by atoms with Gasteiger partial charge in [-0.05, 0) is 68.2 Å². The number of carbonyl (C=O) groups is 1. The Bertz CT molecular complexity index is 895. The molecule has 0 radical (unpaired) electrons. The molecule has 1 aromatic carbocycles. The van der Waals surface area contributed by atoms with Crippen molar-refractivity contribution in [2.24, 2.45) is 0 Å². The van der Waals surface area contributed by atoms with Crippen LogP contribution in [-0.2, 0) is 17.6 Å². The average molecular weight is 519 g/mol. The quantitative estimate of drug-likeness (QED) is 0.218. The van der Waals surface area contributed by atoms with Crippen molar-refractivity contribution in [1.82, 2.24) is 4.57 Å². The van der Waals surface area contributed by atoms with E-state index in [2.05, 4.69) is 60.4 Å². The van der Waals surface area contributed by atoms with Crippen LogP contribution in [0.5, 0.6) is 0 Å². The molecule has 0 atom stereocenters. The van der Waals surface area contributed by atoms with E-state index in [1.54, 1.807) is 4.57 Å². The largest absolute Gasteiger partial charge is 0.443 e. The van der Waals surface area contributed by atoms with Crippen molar-refractivity contribution in [3.63, 3.8) is 0 Å². The molecule has 162 valence electrons. The first-order valence-electron chi connectivity index (χ1n) is 11.0. The van der Waals surface area contributed by atoms with Crippen molar-refractivity contribution in [1.29, 1.82) is 0 Å². The molecule has 1 heterocycles. The first kappa shape index (κ1) is 24.5. The molecule has 0 aliphatic carbocycles. The van der Waals surface area contributed by atoms with Gasteiger partial charge in [0, 0.05) is 18.5 Å². The van der Waals surface area contributed by atoms with Crippen molar-refractivity contribution in [2.75, 3.05) is 0 Å². The SMILES string of the molecule is CCCCC#Cc1c(I)c(CCCC)n(C(=O)OC(C)(C)C)c1Cc1ccccc1. The van der Waals surface area contributed by atoms with Gasteiger partial charge in [0.2, 0.25) is 0 Å². The van der Waals surface area contributed by atoms with Crippen LogP contribution >= 0.6 is 22.6 Å². The highest BCUT2D eigenvalue weighted by Gasteiger charge is 2.27. The summed E-state index contributed by atoms with van der Waals surface area (Å²) < 4.78 is 8.70. The number of ether oxygens (including phenoxy) is 1. The van der Waals surface area contributed by atoms with Gasteiger partial charge in [0.05, 0.1) is 14.8 Å². The third kappa shape index (κ3) is 6.91. The summed E-state index contributed by atoms with van der Waals surface area (Å²) in [7, 11) is 0. The monoisotopic (exact) mass is 519 g/mol. The van der Waals surface area contributed by atoms with E-state index in [0.29, 0.717) is 6.42 Å². The maximum absolute atomic E-state index is 13.3. The molecule has 3 nitrogen and oxygen atoms in total. The molecular formula is C26H34INO2. The highest BCUT2D eigenvalue weighted by molar-refractivity contribution is 14.1. The molecule has 30 heavy (non-hydrogen) atoms. The molecule has 0 aliphatic rings. The van der Waals surface area contributed by atoms with E-state index in [9.17, 15) is 4.79 Å². The number of unbranched alkanes of at least 4 members (excludes halogenated alkanes) is 3. The van der Waals surface area contributed by atoms with Gasteiger partial charge in [-0.2, -0.15) is 0 Å². The average Bonchev–Trinajstić information content (AvgIpc) is 2.94. The molecule has 0 saturated heterocycles. The molecule has 0 spiro atoms. The molecular weight excluding hydrogens is 485 g/mol. The first-order chi connectivity index (χ1) is 14.3. The molecule has 4 heteroatoms. The summed E-state index contributed by atoms with van der Waals surface area (Å²) in [5.74, 6) is 6.74. The van der Waals surface area contributed by atoms with Crippen LogP contribution in [0.15, 0.2) is 30.3 Å². The smallest absolute Gasteiger partial charge is 0.419 e. The fourth-order valence-electron chi connectivity index (χ4n) is 3.24. The Morgan fingerprint density at radius 1 is 1.07 bits per heavy atom. The normalized spacial score (nSPS) is 11.1. The van der Waals surface area contributed by atoms with Gasteiger partial charge < -0.3 is 4.74 Å². The van der Waals surface area contributed by atoms with Crippen molar-refractivity contribution in [2.45, 2.75) is 85.2 Å². The van der Waals surface area contributed by atoms with E-state index in [0.717, 1.165) is 64.6 Å². The summed E-state index contributed by atoms with van der Waals surface area (Å²) in [6, 6.07) is 10.3. The minimum atomic E-state index is -0.550. The van der Waals surface area contributed by atoms with Gasteiger partial charge >= 0.3 is 6.09 Å². The fraction of sp³-hybridized carbons (Fsp3) is 0.500. The van der Waals surface area contributed by atoms with Crippen LogP contribution in [0.3, 0.4) is 0 Å². The van der Waals surface area contributed by atoms with Crippen molar-refractivity contribution >= 4 is 28.7 Å². The second-order valence-electron chi connectivity index (χ2n) is 8.57. The lowest BCUT2D eigenvalue weighted by Gasteiger charge is -2.22. The maximum Gasteiger partial charge on any atom is 0.419 e. The Labute approximate surface area is 195 Å². The Morgan fingerprint density at radius 3 is 2.33 bits per heavy atom. The standard InChI is InChI=1S/C26H34INO2/c1-6-8-10-14-17-21-23(19-20-15-12-11-13-16-20)28(25(29)30-26(3,4)5)22(24(21)27)18-9-7-2/h11-13,15-16H,6-10,18-19H2,1-5H3. The van der Waals surface area contributed by atoms with Crippen LogP contribution in [0.25, 0.3) is 0 Å². The molecule has 0 amide bonds. The van der Waals surface area contributed by atoms with Gasteiger partial charge in [-0.25, -0.2) is 4.79 Å².